The van der Waals surface area contributed by atoms with Crippen LogP contribution < -0.4 is 0 Å². The van der Waals surface area contributed by atoms with Gasteiger partial charge in [-0.2, -0.15) is 0 Å². The molecule has 0 bridgehead atoms. The fourth-order valence-corrected chi connectivity index (χ4v) is 1.97. The molecule has 2 nitrogen and oxygen atoms in total. The van der Waals surface area contributed by atoms with E-state index in [4.69, 9.17) is 4.74 Å². The normalized spacial score (nSPS) is 17.7. The van der Waals surface area contributed by atoms with Crippen molar-refractivity contribution >= 4 is 0 Å². The molecule has 1 aliphatic carbocycles. The molecule has 0 radical (unpaired) electrons. The van der Waals surface area contributed by atoms with E-state index in [2.05, 4.69) is 49.2 Å². The second-order valence-electron chi connectivity index (χ2n) is 4.83. The topological polar surface area (TPSA) is 12.5 Å². The van der Waals surface area contributed by atoms with Gasteiger partial charge in [-0.1, -0.05) is 30.3 Å². The zero-order valence-corrected chi connectivity index (χ0v) is 10.2. The van der Waals surface area contributed by atoms with Gasteiger partial charge in [0, 0.05) is 13.1 Å². The summed E-state index contributed by atoms with van der Waals surface area (Å²) in [6, 6.07) is 10.6. The number of ether oxygens (including phenoxy) is 1. The van der Waals surface area contributed by atoms with Crippen molar-refractivity contribution in [3.63, 3.8) is 0 Å². The van der Waals surface area contributed by atoms with Gasteiger partial charge in [-0.25, -0.2) is 0 Å². The summed E-state index contributed by atoms with van der Waals surface area (Å²) in [5.74, 6) is 0. The minimum atomic E-state index is 0.348. The molecular formula is C14H21NO. The number of likely N-dealkylation sites (N-methyl/N-ethyl adjacent to an activating group) is 1. The van der Waals surface area contributed by atoms with Gasteiger partial charge in [0.2, 0.25) is 0 Å². The molecule has 0 heterocycles. The summed E-state index contributed by atoms with van der Waals surface area (Å²) in [5.41, 5.74) is 1.36. The van der Waals surface area contributed by atoms with Gasteiger partial charge in [-0.3, -0.25) is 4.90 Å². The van der Waals surface area contributed by atoms with Gasteiger partial charge in [0.15, 0.2) is 0 Å². The van der Waals surface area contributed by atoms with Crippen LogP contribution >= 0.6 is 0 Å². The van der Waals surface area contributed by atoms with Gasteiger partial charge in [0.25, 0.3) is 0 Å². The number of hydrogen-bond donors (Lipinski definition) is 0. The highest BCUT2D eigenvalue weighted by Crippen LogP contribution is 2.25. The van der Waals surface area contributed by atoms with E-state index in [9.17, 15) is 0 Å². The lowest BCUT2D eigenvalue weighted by atomic mass is 10.2. The Bertz CT molecular complexity index is 308. The SMILES string of the molecule is CC(CN(C)Cc1ccccc1)OC1CC1. The standard InChI is InChI=1S/C14H21NO/c1-12(16-14-8-9-14)10-15(2)11-13-6-4-3-5-7-13/h3-7,12,14H,8-11H2,1-2H3. The molecule has 1 aliphatic rings. The van der Waals surface area contributed by atoms with Gasteiger partial charge in [0.1, 0.15) is 0 Å². The summed E-state index contributed by atoms with van der Waals surface area (Å²) >= 11 is 0. The highest BCUT2D eigenvalue weighted by atomic mass is 16.5. The number of rotatable bonds is 6. The maximum absolute atomic E-state index is 5.83. The van der Waals surface area contributed by atoms with Crippen molar-refractivity contribution in [2.24, 2.45) is 0 Å². The summed E-state index contributed by atoms with van der Waals surface area (Å²) in [6.45, 7) is 4.17. The average molecular weight is 219 g/mol. The molecule has 0 aliphatic heterocycles. The molecule has 1 aromatic carbocycles. The first-order valence-electron chi connectivity index (χ1n) is 6.12. The Labute approximate surface area is 98.2 Å². The van der Waals surface area contributed by atoms with Crippen LogP contribution in [-0.2, 0) is 11.3 Å². The molecule has 0 saturated heterocycles. The fraction of sp³-hybridized carbons (Fsp3) is 0.571. The van der Waals surface area contributed by atoms with Crippen LogP contribution in [0.1, 0.15) is 25.3 Å². The van der Waals surface area contributed by atoms with Crippen LogP contribution in [0, 0.1) is 0 Å². The summed E-state index contributed by atoms with van der Waals surface area (Å²) in [6.07, 6.45) is 3.42. The highest BCUT2D eigenvalue weighted by Gasteiger charge is 2.24. The monoisotopic (exact) mass is 219 g/mol. The third-order valence-corrected chi connectivity index (χ3v) is 2.81. The van der Waals surface area contributed by atoms with E-state index in [1.165, 1.54) is 18.4 Å². The van der Waals surface area contributed by atoms with Crippen molar-refractivity contribution in [2.45, 2.75) is 38.5 Å². The molecule has 1 unspecified atom stereocenters. The van der Waals surface area contributed by atoms with E-state index >= 15 is 0 Å². The van der Waals surface area contributed by atoms with Crippen molar-refractivity contribution in [3.8, 4) is 0 Å². The van der Waals surface area contributed by atoms with Gasteiger partial charge in [-0.15, -0.1) is 0 Å². The minimum absolute atomic E-state index is 0.348. The number of hydrogen-bond acceptors (Lipinski definition) is 2. The van der Waals surface area contributed by atoms with E-state index < -0.39 is 0 Å². The predicted octanol–water partition coefficient (Wildman–Crippen LogP) is 2.69. The summed E-state index contributed by atoms with van der Waals surface area (Å²) in [5, 5.41) is 0. The van der Waals surface area contributed by atoms with Crippen LogP contribution in [0.25, 0.3) is 0 Å². The molecule has 16 heavy (non-hydrogen) atoms. The van der Waals surface area contributed by atoms with Crippen molar-refractivity contribution in [1.82, 2.24) is 4.90 Å². The van der Waals surface area contributed by atoms with E-state index in [1.807, 2.05) is 0 Å². The van der Waals surface area contributed by atoms with Gasteiger partial charge >= 0.3 is 0 Å². The third kappa shape index (κ3) is 3.95. The second-order valence-corrected chi connectivity index (χ2v) is 4.83. The molecule has 1 fully saturated rings. The lowest BCUT2D eigenvalue weighted by Gasteiger charge is -2.21. The van der Waals surface area contributed by atoms with Crippen LogP contribution in [0.2, 0.25) is 0 Å². The Hall–Kier alpha value is -0.860. The molecular weight excluding hydrogens is 198 g/mol. The van der Waals surface area contributed by atoms with E-state index in [0.717, 1.165) is 13.1 Å². The third-order valence-electron chi connectivity index (χ3n) is 2.81. The lowest BCUT2D eigenvalue weighted by molar-refractivity contribution is 0.0302. The Morgan fingerprint density at radius 2 is 2.00 bits per heavy atom. The Balaban J connectivity index is 1.72. The predicted molar refractivity (Wildman–Crippen MR) is 66.3 cm³/mol. The summed E-state index contributed by atoms with van der Waals surface area (Å²) in [4.78, 5) is 2.32. The Kier molecular flexibility index (Phi) is 3.97. The van der Waals surface area contributed by atoms with Gasteiger partial charge < -0.3 is 4.74 Å². The first kappa shape index (κ1) is 11.6. The fourth-order valence-electron chi connectivity index (χ4n) is 1.97. The smallest absolute Gasteiger partial charge is 0.0677 e. The average Bonchev–Trinajstić information content (AvgIpc) is 3.02. The van der Waals surface area contributed by atoms with E-state index in [0.29, 0.717) is 12.2 Å². The van der Waals surface area contributed by atoms with Crippen LogP contribution in [0.5, 0.6) is 0 Å². The van der Waals surface area contributed by atoms with Crippen LogP contribution in [0.15, 0.2) is 30.3 Å². The molecule has 2 rings (SSSR count). The Morgan fingerprint density at radius 1 is 1.31 bits per heavy atom. The highest BCUT2D eigenvalue weighted by molar-refractivity contribution is 5.14. The number of nitrogens with zero attached hydrogens (tertiary/aromatic N) is 1. The second kappa shape index (κ2) is 5.46. The number of benzene rings is 1. The van der Waals surface area contributed by atoms with Crippen LogP contribution in [0.4, 0.5) is 0 Å². The molecule has 1 atom stereocenters. The molecule has 0 amide bonds. The zero-order chi connectivity index (χ0) is 11.4. The van der Waals surface area contributed by atoms with Crippen molar-refractivity contribution in [1.29, 1.82) is 0 Å². The van der Waals surface area contributed by atoms with Crippen molar-refractivity contribution in [2.75, 3.05) is 13.6 Å². The summed E-state index contributed by atoms with van der Waals surface area (Å²) < 4.78 is 5.83. The molecule has 0 spiro atoms. The molecule has 0 N–H and O–H groups in total. The quantitative estimate of drug-likeness (QED) is 0.729. The first-order chi connectivity index (χ1) is 7.74. The molecule has 2 heteroatoms. The molecule has 1 saturated carbocycles. The van der Waals surface area contributed by atoms with E-state index in [-0.39, 0.29) is 0 Å². The largest absolute Gasteiger partial charge is 0.374 e. The molecule has 88 valence electrons. The molecule has 0 aromatic heterocycles. The minimum Gasteiger partial charge on any atom is -0.374 e. The lowest BCUT2D eigenvalue weighted by Crippen LogP contribution is -2.29. The van der Waals surface area contributed by atoms with Crippen LogP contribution in [-0.4, -0.2) is 30.7 Å². The molecule has 1 aromatic rings. The first-order valence-corrected chi connectivity index (χ1v) is 6.12. The summed E-state index contributed by atoms with van der Waals surface area (Å²) in [7, 11) is 2.15. The maximum Gasteiger partial charge on any atom is 0.0677 e. The Morgan fingerprint density at radius 3 is 2.62 bits per heavy atom. The van der Waals surface area contributed by atoms with Gasteiger partial charge in [0.05, 0.1) is 12.2 Å². The van der Waals surface area contributed by atoms with E-state index in [1.54, 1.807) is 0 Å². The van der Waals surface area contributed by atoms with Crippen molar-refractivity contribution < 1.29 is 4.74 Å². The maximum atomic E-state index is 5.83. The van der Waals surface area contributed by atoms with Gasteiger partial charge in [-0.05, 0) is 32.4 Å². The van der Waals surface area contributed by atoms with Crippen LogP contribution in [0.3, 0.4) is 0 Å². The zero-order valence-electron chi connectivity index (χ0n) is 10.2. The van der Waals surface area contributed by atoms with Crippen molar-refractivity contribution in [3.05, 3.63) is 35.9 Å².